The van der Waals surface area contributed by atoms with Crippen LogP contribution in [0, 0.1) is 6.92 Å². The van der Waals surface area contributed by atoms with Crippen LogP contribution in [0.4, 0.5) is 0 Å². The molecule has 0 saturated carbocycles. The first-order valence-corrected chi connectivity index (χ1v) is 7.68. The van der Waals surface area contributed by atoms with Gasteiger partial charge in [0.05, 0.1) is 29.2 Å². The second-order valence-electron chi connectivity index (χ2n) is 4.63. The van der Waals surface area contributed by atoms with Crippen molar-refractivity contribution in [3.05, 3.63) is 59.2 Å². The average molecular weight is 304 g/mol. The Kier molecular flexibility index (Phi) is 4.75. The zero-order chi connectivity index (χ0) is 15.4. The van der Waals surface area contributed by atoms with E-state index in [4.69, 9.17) is 9.84 Å². The zero-order valence-electron chi connectivity index (χ0n) is 11.8. The van der Waals surface area contributed by atoms with Crippen molar-refractivity contribution in [3.63, 3.8) is 0 Å². The lowest BCUT2D eigenvalue weighted by Gasteiger charge is -2.09. The molecular weight excluding hydrogens is 288 g/mol. The van der Waals surface area contributed by atoms with Crippen molar-refractivity contribution in [2.45, 2.75) is 17.6 Å². The minimum absolute atomic E-state index is 0.184. The first kappa shape index (κ1) is 15.3. The van der Waals surface area contributed by atoms with Crippen LogP contribution in [-0.2, 0) is 16.6 Å². The molecule has 0 radical (unpaired) electrons. The monoisotopic (exact) mass is 304 g/mol. The third-order valence-electron chi connectivity index (χ3n) is 3.09. The van der Waals surface area contributed by atoms with E-state index in [1.165, 1.54) is 12.1 Å². The largest absolute Gasteiger partial charge is 0.496 e. The Morgan fingerprint density at radius 2 is 1.86 bits per heavy atom. The van der Waals surface area contributed by atoms with E-state index in [1.54, 1.807) is 19.2 Å². The van der Waals surface area contributed by atoms with Gasteiger partial charge in [0.25, 0.3) is 0 Å². The number of ether oxygens (including phenoxy) is 1. The molecule has 0 amide bonds. The van der Waals surface area contributed by atoms with E-state index in [0.29, 0.717) is 16.4 Å². The van der Waals surface area contributed by atoms with Gasteiger partial charge in [0.2, 0.25) is 0 Å². The number of aryl methyl sites for hydroxylation is 1. The highest BCUT2D eigenvalue weighted by molar-refractivity contribution is 7.84. The third-order valence-corrected chi connectivity index (χ3v) is 4.46. The summed E-state index contributed by atoms with van der Waals surface area (Å²) in [4.78, 5) is 11.4. The fraction of sp³-hybridized carbons (Fsp3) is 0.188. The molecule has 0 spiro atoms. The molecule has 1 atom stereocenters. The number of hydrogen-bond acceptors (Lipinski definition) is 3. The summed E-state index contributed by atoms with van der Waals surface area (Å²) < 4.78 is 17.7. The van der Waals surface area contributed by atoms with Gasteiger partial charge in [0.15, 0.2) is 0 Å². The van der Waals surface area contributed by atoms with Crippen molar-refractivity contribution < 1.29 is 18.8 Å². The molecule has 1 N–H and O–H groups in total. The highest BCUT2D eigenvalue weighted by Gasteiger charge is 2.11. The molecule has 0 saturated heterocycles. The van der Waals surface area contributed by atoms with Gasteiger partial charge in [-0.2, -0.15) is 0 Å². The number of aromatic carboxylic acids is 1. The van der Waals surface area contributed by atoms with Crippen molar-refractivity contribution in [2.24, 2.45) is 0 Å². The van der Waals surface area contributed by atoms with Gasteiger partial charge in [-0.15, -0.1) is 0 Å². The number of methoxy groups -OCH3 is 1. The lowest BCUT2D eigenvalue weighted by Crippen LogP contribution is -2.01. The Labute approximate surface area is 125 Å². The maximum absolute atomic E-state index is 12.4. The molecule has 0 aromatic heterocycles. The molecule has 2 aromatic carbocycles. The molecule has 110 valence electrons. The van der Waals surface area contributed by atoms with Crippen LogP contribution >= 0.6 is 0 Å². The van der Waals surface area contributed by atoms with Crippen LogP contribution in [0.1, 0.15) is 21.5 Å². The highest BCUT2D eigenvalue weighted by Crippen LogP contribution is 2.23. The van der Waals surface area contributed by atoms with E-state index in [-0.39, 0.29) is 5.56 Å². The van der Waals surface area contributed by atoms with Crippen molar-refractivity contribution in [2.75, 3.05) is 7.11 Å². The summed E-state index contributed by atoms with van der Waals surface area (Å²) in [6, 6.07) is 11.8. The van der Waals surface area contributed by atoms with Gasteiger partial charge in [-0.25, -0.2) is 4.79 Å². The number of rotatable bonds is 5. The minimum atomic E-state index is -1.25. The van der Waals surface area contributed by atoms with E-state index in [9.17, 15) is 9.00 Å². The van der Waals surface area contributed by atoms with E-state index in [2.05, 4.69) is 0 Å². The van der Waals surface area contributed by atoms with Crippen LogP contribution in [0.3, 0.4) is 0 Å². The van der Waals surface area contributed by atoms with E-state index < -0.39 is 16.8 Å². The van der Waals surface area contributed by atoms with Gasteiger partial charge < -0.3 is 9.84 Å². The Morgan fingerprint density at radius 3 is 2.43 bits per heavy atom. The molecule has 0 heterocycles. The molecular formula is C16H16O4S. The lowest BCUT2D eigenvalue weighted by atomic mass is 10.1. The smallest absolute Gasteiger partial charge is 0.335 e. The van der Waals surface area contributed by atoms with Crippen LogP contribution < -0.4 is 4.74 Å². The minimum Gasteiger partial charge on any atom is -0.496 e. The summed E-state index contributed by atoms with van der Waals surface area (Å²) in [5, 5.41) is 8.86. The van der Waals surface area contributed by atoms with Gasteiger partial charge in [-0.3, -0.25) is 4.21 Å². The van der Waals surface area contributed by atoms with Gasteiger partial charge in [0.1, 0.15) is 5.75 Å². The molecule has 0 aliphatic heterocycles. The van der Waals surface area contributed by atoms with Crippen molar-refractivity contribution in [3.8, 4) is 5.75 Å². The van der Waals surface area contributed by atoms with Gasteiger partial charge in [0, 0.05) is 10.5 Å². The van der Waals surface area contributed by atoms with E-state index in [0.717, 1.165) is 11.1 Å². The molecule has 2 rings (SSSR count). The Balaban J connectivity index is 2.21. The third kappa shape index (κ3) is 3.70. The topological polar surface area (TPSA) is 63.6 Å². The molecule has 4 nitrogen and oxygen atoms in total. The number of benzene rings is 2. The Bertz CT molecular complexity index is 677. The van der Waals surface area contributed by atoms with Gasteiger partial charge in [-0.1, -0.05) is 17.7 Å². The normalized spacial score (nSPS) is 11.9. The van der Waals surface area contributed by atoms with Crippen molar-refractivity contribution in [1.82, 2.24) is 0 Å². The SMILES string of the molecule is COc1ccc(C)cc1CS(=O)c1ccc(C(=O)O)cc1. The fourth-order valence-electron chi connectivity index (χ4n) is 1.99. The summed E-state index contributed by atoms with van der Waals surface area (Å²) in [7, 11) is 0.333. The summed E-state index contributed by atoms with van der Waals surface area (Å²) in [5.41, 5.74) is 2.13. The molecule has 21 heavy (non-hydrogen) atoms. The summed E-state index contributed by atoms with van der Waals surface area (Å²) in [6.45, 7) is 1.97. The van der Waals surface area contributed by atoms with Crippen LogP contribution in [0.5, 0.6) is 5.75 Å². The van der Waals surface area contributed by atoms with Crippen molar-refractivity contribution in [1.29, 1.82) is 0 Å². The molecule has 0 aliphatic carbocycles. The average Bonchev–Trinajstić information content (AvgIpc) is 2.47. The predicted molar refractivity (Wildman–Crippen MR) is 81.2 cm³/mol. The first-order chi connectivity index (χ1) is 10.0. The number of carboxylic acids is 1. The number of carbonyl (C=O) groups is 1. The highest BCUT2D eigenvalue weighted by atomic mass is 32.2. The predicted octanol–water partition coefficient (Wildman–Crippen LogP) is 3.01. The maximum Gasteiger partial charge on any atom is 0.335 e. The standard InChI is InChI=1S/C16H16O4S/c1-11-3-8-15(20-2)13(9-11)10-21(19)14-6-4-12(5-7-14)16(17)18/h3-9H,10H2,1-2H3,(H,17,18). The molecule has 0 aliphatic rings. The van der Waals surface area contributed by atoms with Crippen LogP contribution in [-0.4, -0.2) is 22.4 Å². The summed E-state index contributed by atoms with van der Waals surface area (Å²) in [5.74, 6) is 0.0425. The Morgan fingerprint density at radius 1 is 1.19 bits per heavy atom. The fourth-order valence-corrected chi connectivity index (χ4v) is 3.11. The van der Waals surface area contributed by atoms with Crippen LogP contribution in [0.25, 0.3) is 0 Å². The Hall–Kier alpha value is -2.14. The molecule has 0 bridgehead atoms. The van der Waals surface area contributed by atoms with E-state index >= 15 is 0 Å². The molecule has 2 aromatic rings. The molecule has 5 heteroatoms. The maximum atomic E-state index is 12.4. The lowest BCUT2D eigenvalue weighted by molar-refractivity contribution is 0.0697. The zero-order valence-corrected chi connectivity index (χ0v) is 12.6. The number of hydrogen-bond donors (Lipinski definition) is 1. The van der Waals surface area contributed by atoms with Crippen molar-refractivity contribution >= 4 is 16.8 Å². The van der Waals surface area contributed by atoms with E-state index in [1.807, 2.05) is 25.1 Å². The summed E-state index contributed by atoms with van der Waals surface area (Å²) >= 11 is 0. The van der Waals surface area contributed by atoms with Crippen LogP contribution in [0.2, 0.25) is 0 Å². The first-order valence-electron chi connectivity index (χ1n) is 6.36. The quantitative estimate of drug-likeness (QED) is 0.922. The second kappa shape index (κ2) is 6.54. The summed E-state index contributed by atoms with van der Waals surface area (Å²) in [6.07, 6.45) is 0. The second-order valence-corrected chi connectivity index (χ2v) is 6.09. The molecule has 1 unspecified atom stereocenters. The van der Waals surface area contributed by atoms with Gasteiger partial charge in [-0.05, 0) is 37.3 Å². The van der Waals surface area contributed by atoms with Crippen LogP contribution in [0.15, 0.2) is 47.4 Å². The van der Waals surface area contributed by atoms with Gasteiger partial charge >= 0.3 is 5.97 Å². The molecule has 0 fully saturated rings. The number of carboxylic acid groups (broad SMARTS) is 1.